The number of aromatic nitrogens is 2. The van der Waals surface area contributed by atoms with Gasteiger partial charge >= 0.3 is 0 Å². The third-order valence-corrected chi connectivity index (χ3v) is 9.22. The SMILES string of the molecule is CC1C2Cc3ccc(CF)cc3CN2C(=O)[C@]12CCC(N1CCC(n3ccnc3)CC1)C2. The van der Waals surface area contributed by atoms with E-state index in [4.69, 9.17) is 0 Å². The summed E-state index contributed by atoms with van der Waals surface area (Å²) in [6.07, 6.45) is 12.3. The maximum absolute atomic E-state index is 13.8. The van der Waals surface area contributed by atoms with Gasteiger partial charge in [0.05, 0.1) is 11.7 Å². The van der Waals surface area contributed by atoms with E-state index in [9.17, 15) is 9.18 Å². The number of alkyl halides is 1. The first-order chi connectivity index (χ1) is 15.6. The molecule has 4 atom stereocenters. The molecule has 3 fully saturated rings. The standard InChI is InChI=1S/C26H33FN4O/c1-18-24-13-20-3-2-19(15-27)12-21(20)16-31(24)25(32)26(18)7-4-23(14-26)29-9-5-22(6-10-29)30-11-8-28-17-30/h2-3,8,11-12,17-18,22-24H,4-7,9-10,13-16H2,1H3/t18?,23?,24?,26-/m0/s1. The van der Waals surface area contributed by atoms with E-state index in [2.05, 4.69) is 38.5 Å². The van der Waals surface area contributed by atoms with Crippen LogP contribution in [0.1, 0.15) is 61.8 Å². The lowest BCUT2D eigenvalue weighted by atomic mass is 9.73. The van der Waals surface area contributed by atoms with Crippen molar-refractivity contribution in [3.63, 3.8) is 0 Å². The molecule has 4 aliphatic rings. The van der Waals surface area contributed by atoms with Gasteiger partial charge in [0.1, 0.15) is 6.67 Å². The molecule has 2 aromatic rings. The summed E-state index contributed by atoms with van der Waals surface area (Å²) in [4.78, 5) is 22.8. The van der Waals surface area contributed by atoms with Gasteiger partial charge in [0.25, 0.3) is 0 Å². The van der Waals surface area contributed by atoms with Crippen LogP contribution in [0.5, 0.6) is 0 Å². The van der Waals surface area contributed by atoms with E-state index in [1.807, 2.05) is 24.7 Å². The number of likely N-dealkylation sites (tertiary alicyclic amines) is 1. The summed E-state index contributed by atoms with van der Waals surface area (Å²) in [7, 11) is 0. The Morgan fingerprint density at radius 3 is 2.75 bits per heavy atom. The van der Waals surface area contributed by atoms with Crippen LogP contribution < -0.4 is 0 Å². The highest BCUT2D eigenvalue weighted by Crippen LogP contribution is 2.55. The molecule has 6 heteroatoms. The Balaban J connectivity index is 1.16. The largest absolute Gasteiger partial charge is 0.334 e. The molecule has 1 aromatic heterocycles. The maximum atomic E-state index is 13.8. The lowest BCUT2D eigenvalue weighted by Gasteiger charge is -2.37. The number of carbonyl (C=O) groups is 1. The Labute approximate surface area is 189 Å². The van der Waals surface area contributed by atoms with E-state index in [0.29, 0.717) is 30.5 Å². The van der Waals surface area contributed by atoms with Crippen LogP contribution in [0.3, 0.4) is 0 Å². The smallest absolute Gasteiger partial charge is 0.229 e. The van der Waals surface area contributed by atoms with E-state index in [1.165, 1.54) is 5.56 Å². The Hall–Kier alpha value is -2.21. The van der Waals surface area contributed by atoms with Crippen molar-refractivity contribution in [2.75, 3.05) is 13.1 Å². The van der Waals surface area contributed by atoms with Gasteiger partial charge in [0, 0.05) is 50.2 Å². The maximum Gasteiger partial charge on any atom is 0.229 e. The second kappa shape index (κ2) is 7.68. The van der Waals surface area contributed by atoms with Crippen LogP contribution in [0, 0.1) is 11.3 Å². The van der Waals surface area contributed by atoms with Crippen molar-refractivity contribution in [2.45, 2.75) is 76.8 Å². The molecule has 32 heavy (non-hydrogen) atoms. The molecule has 170 valence electrons. The number of carbonyl (C=O) groups excluding carboxylic acids is 1. The number of hydrogen-bond donors (Lipinski definition) is 0. The van der Waals surface area contributed by atoms with Crippen molar-refractivity contribution in [1.29, 1.82) is 0 Å². The number of halogens is 1. The lowest BCUT2D eigenvalue weighted by Crippen LogP contribution is -2.42. The molecule has 3 aliphatic heterocycles. The molecule has 4 heterocycles. The molecular weight excluding hydrogens is 403 g/mol. The van der Waals surface area contributed by atoms with E-state index in [-0.39, 0.29) is 11.5 Å². The van der Waals surface area contributed by atoms with Gasteiger partial charge in [0.2, 0.25) is 5.91 Å². The molecule has 0 radical (unpaired) electrons. The van der Waals surface area contributed by atoms with Crippen LogP contribution in [0.2, 0.25) is 0 Å². The predicted molar refractivity (Wildman–Crippen MR) is 121 cm³/mol. The first kappa shape index (κ1) is 20.4. The molecule has 1 saturated carbocycles. The Bertz CT molecular complexity index is 999. The summed E-state index contributed by atoms with van der Waals surface area (Å²) < 4.78 is 15.4. The van der Waals surface area contributed by atoms with Gasteiger partial charge in [-0.1, -0.05) is 25.1 Å². The topological polar surface area (TPSA) is 41.4 Å². The zero-order valence-corrected chi connectivity index (χ0v) is 18.9. The first-order valence-corrected chi connectivity index (χ1v) is 12.3. The average molecular weight is 437 g/mol. The average Bonchev–Trinajstić information content (AvgIpc) is 3.56. The fourth-order valence-corrected chi connectivity index (χ4v) is 7.27. The van der Waals surface area contributed by atoms with Crippen molar-refractivity contribution in [3.05, 3.63) is 53.6 Å². The van der Waals surface area contributed by atoms with Crippen molar-refractivity contribution >= 4 is 5.91 Å². The van der Waals surface area contributed by atoms with Crippen LogP contribution >= 0.6 is 0 Å². The third-order valence-electron chi connectivity index (χ3n) is 9.22. The Morgan fingerprint density at radius 1 is 1.16 bits per heavy atom. The van der Waals surface area contributed by atoms with Gasteiger partial charge in [-0.25, -0.2) is 9.37 Å². The molecule has 1 amide bonds. The van der Waals surface area contributed by atoms with Gasteiger partial charge in [-0.15, -0.1) is 0 Å². The summed E-state index contributed by atoms with van der Waals surface area (Å²) >= 11 is 0. The molecule has 2 saturated heterocycles. The minimum absolute atomic E-state index is 0.207. The van der Waals surface area contributed by atoms with Gasteiger partial charge in [0.15, 0.2) is 0 Å². The van der Waals surface area contributed by atoms with Crippen LogP contribution in [0.4, 0.5) is 4.39 Å². The van der Waals surface area contributed by atoms with E-state index < -0.39 is 6.67 Å². The molecule has 5 nitrogen and oxygen atoms in total. The normalized spacial score (nSPS) is 33.1. The van der Waals surface area contributed by atoms with E-state index in [0.717, 1.165) is 62.7 Å². The van der Waals surface area contributed by atoms with Crippen molar-refractivity contribution in [1.82, 2.24) is 19.4 Å². The highest BCUT2D eigenvalue weighted by molar-refractivity contribution is 5.87. The summed E-state index contributed by atoms with van der Waals surface area (Å²) in [6.45, 7) is 4.74. The summed E-state index contributed by atoms with van der Waals surface area (Å²) in [5.74, 6) is 0.736. The predicted octanol–water partition coefficient (Wildman–Crippen LogP) is 4.13. The molecule has 3 unspecified atom stereocenters. The highest BCUT2D eigenvalue weighted by atomic mass is 19.1. The summed E-state index contributed by atoms with van der Waals surface area (Å²) in [5, 5.41) is 0. The monoisotopic (exact) mass is 436 g/mol. The number of benzene rings is 1. The number of rotatable bonds is 3. The van der Waals surface area contributed by atoms with E-state index >= 15 is 0 Å². The van der Waals surface area contributed by atoms with Gasteiger partial charge in [-0.3, -0.25) is 4.79 Å². The number of imidazole rings is 1. The molecule has 6 rings (SSSR count). The quantitative estimate of drug-likeness (QED) is 0.727. The number of hydrogen-bond acceptors (Lipinski definition) is 3. The fourth-order valence-electron chi connectivity index (χ4n) is 7.27. The Kier molecular flexibility index (Phi) is 4.90. The highest BCUT2D eigenvalue weighted by Gasteiger charge is 2.60. The summed E-state index contributed by atoms with van der Waals surface area (Å²) in [5.41, 5.74) is 2.96. The lowest BCUT2D eigenvalue weighted by molar-refractivity contribution is -0.138. The molecule has 1 aliphatic carbocycles. The molecule has 1 spiro atoms. The number of nitrogens with zero attached hydrogens (tertiary/aromatic N) is 4. The van der Waals surface area contributed by atoms with E-state index in [1.54, 1.807) is 0 Å². The number of amides is 1. The van der Waals surface area contributed by atoms with Gasteiger partial charge in [-0.2, -0.15) is 0 Å². The van der Waals surface area contributed by atoms with Gasteiger partial charge < -0.3 is 14.4 Å². The van der Waals surface area contributed by atoms with Crippen LogP contribution in [0.15, 0.2) is 36.9 Å². The molecule has 1 aromatic carbocycles. The minimum atomic E-state index is -0.440. The second-order valence-corrected chi connectivity index (χ2v) is 10.6. The fraction of sp³-hybridized carbons (Fsp3) is 0.615. The first-order valence-electron chi connectivity index (χ1n) is 12.3. The Morgan fingerprint density at radius 2 is 2.00 bits per heavy atom. The van der Waals surface area contributed by atoms with Crippen molar-refractivity contribution in [2.24, 2.45) is 11.3 Å². The molecule has 0 bridgehead atoms. The zero-order chi connectivity index (χ0) is 21.9. The van der Waals surface area contributed by atoms with Crippen LogP contribution in [-0.4, -0.2) is 50.4 Å². The van der Waals surface area contributed by atoms with Gasteiger partial charge in [-0.05, 0) is 61.1 Å². The number of fused-ring (bicyclic) bond motifs is 2. The second-order valence-electron chi connectivity index (χ2n) is 10.6. The number of piperidine rings is 1. The zero-order valence-electron chi connectivity index (χ0n) is 18.9. The third kappa shape index (κ3) is 3.06. The van der Waals surface area contributed by atoms with Crippen LogP contribution in [-0.2, 0) is 24.4 Å². The van der Waals surface area contributed by atoms with Crippen LogP contribution in [0.25, 0.3) is 0 Å². The van der Waals surface area contributed by atoms with Crippen molar-refractivity contribution in [3.8, 4) is 0 Å². The molecular formula is C26H33FN4O. The molecule has 0 N–H and O–H groups in total. The van der Waals surface area contributed by atoms with Crippen molar-refractivity contribution < 1.29 is 9.18 Å². The summed E-state index contributed by atoms with van der Waals surface area (Å²) in [6, 6.07) is 7.33. The minimum Gasteiger partial charge on any atom is -0.334 e.